The third-order valence-electron chi connectivity index (χ3n) is 5.86. The maximum Gasteiger partial charge on any atom is 0.318 e. The van der Waals surface area contributed by atoms with Crippen molar-refractivity contribution in [2.75, 3.05) is 37.7 Å². The number of carbonyl (C=O) groups is 2. The Labute approximate surface area is 162 Å². The number of carbonyl (C=O) groups excluding carboxylic acids is 2. The maximum atomic E-state index is 13.7. The van der Waals surface area contributed by atoms with Crippen LogP contribution in [-0.2, 0) is 9.53 Å². The van der Waals surface area contributed by atoms with Crippen LogP contribution in [-0.4, -0.2) is 55.7 Å². The number of likely N-dealkylation sites (tertiary alicyclic amines) is 1. The first-order valence-electron chi connectivity index (χ1n) is 9.42. The molecule has 3 atom stereocenters. The van der Waals surface area contributed by atoms with Crippen LogP contribution in [0.25, 0.3) is 0 Å². The summed E-state index contributed by atoms with van der Waals surface area (Å²) in [5.41, 5.74) is 0.459. The first-order chi connectivity index (χ1) is 13.0. The van der Waals surface area contributed by atoms with Gasteiger partial charge in [0.15, 0.2) is 0 Å². The molecule has 3 heterocycles. The van der Waals surface area contributed by atoms with E-state index < -0.39 is 11.9 Å². The molecule has 0 bridgehead atoms. The molecule has 3 amide bonds. The van der Waals surface area contributed by atoms with Crippen LogP contribution >= 0.6 is 11.6 Å². The van der Waals surface area contributed by atoms with E-state index in [0.717, 1.165) is 26.1 Å². The van der Waals surface area contributed by atoms with Crippen LogP contribution < -0.4 is 10.2 Å². The molecule has 3 unspecified atom stereocenters. The zero-order chi connectivity index (χ0) is 19.0. The maximum absolute atomic E-state index is 13.7. The van der Waals surface area contributed by atoms with Gasteiger partial charge in [0.2, 0.25) is 5.91 Å². The van der Waals surface area contributed by atoms with Gasteiger partial charge in [-0.3, -0.25) is 4.79 Å². The number of anilines is 1. The van der Waals surface area contributed by atoms with E-state index in [2.05, 4.69) is 5.32 Å². The summed E-state index contributed by atoms with van der Waals surface area (Å²) in [7, 11) is 0. The Morgan fingerprint density at radius 1 is 1.22 bits per heavy atom. The molecule has 8 heteroatoms. The van der Waals surface area contributed by atoms with E-state index in [1.165, 1.54) is 17.0 Å². The summed E-state index contributed by atoms with van der Waals surface area (Å²) in [6.07, 6.45) is 2.55. The zero-order valence-electron chi connectivity index (χ0n) is 15.0. The molecular formula is C19H23ClFN3O3. The Hall–Kier alpha value is -1.86. The first-order valence-corrected chi connectivity index (χ1v) is 9.80. The number of nitrogens with one attached hydrogen (secondary N) is 1. The summed E-state index contributed by atoms with van der Waals surface area (Å²) in [5.74, 6) is 0.232. The van der Waals surface area contributed by atoms with Gasteiger partial charge in [0, 0.05) is 38.5 Å². The summed E-state index contributed by atoms with van der Waals surface area (Å²) in [5, 5.41) is 2.87. The number of hydrogen-bond donors (Lipinski definition) is 1. The number of hydrogen-bond acceptors (Lipinski definition) is 3. The van der Waals surface area contributed by atoms with Crippen molar-refractivity contribution in [3.8, 4) is 0 Å². The molecule has 0 radical (unpaired) electrons. The number of benzene rings is 1. The molecule has 6 nitrogen and oxygen atoms in total. The van der Waals surface area contributed by atoms with Crippen molar-refractivity contribution < 1.29 is 18.7 Å². The van der Waals surface area contributed by atoms with Crippen LogP contribution in [0.4, 0.5) is 14.9 Å². The molecule has 27 heavy (non-hydrogen) atoms. The Bertz CT molecular complexity index is 741. The topological polar surface area (TPSA) is 61.9 Å². The van der Waals surface area contributed by atoms with E-state index in [9.17, 15) is 14.0 Å². The molecule has 1 aromatic carbocycles. The molecule has 0 aliphatic carbocycles. The smallest absolute Gasteiger partial charge is 0.318 e. The summed E-state index contributed by atoms with van der Waals surface area (Å²) in [6, 6.07) is 3.52. The van der Waals surface area contributed by atoms with Gasteiger partial charge < -0.3 is 19.9 Å². The largest absolute Gasteiger partial charge is 0.381 e. The van der Waals surface area contributed by atoms with Crippen LogP contribution in [0.5, 0.6) is 0 Å². The molecule has 4 rings (SSSR count). The van der Waals surface area contributed by atoms with Crippen LogP contribution in [0.15, 0.2) is 18.2 Å². The van der Waals surface area contributed by atoms with Gasteiger partial charge in [-0.05, 0) is 49.3 Å². The Morgan fingerprint density at radius 3 is 2.81 bits per heavy atom. The predicted molar refractivity (Wildman–Crippen MR) is 99.3 cm³/mol. The molecule has 3 saturated heterocycles. The van der Waals surface area contributed by atoms with Crippen molar-refractivity contribution in [1.82, 2.24) is 10.2 Å². The molecular weight excluding hydrogens is 373 g/mol. The second kappa shape index (κ2) is 7.64. The van der Waals surface area contributed by atoms with Gasteiger partial charge in [0.1, 0.15) is 11.9 Å². The van der Waals surface area contributed by atoms with Crippen molar-refractivity contribution in [3.63, 3.8) is 0 Å². The van der Waals surface area contributed by atoms with E-state index >= 15 is 0 Å². The third-order valence-corrected chi connectivity index (χ3v) is 6.17. The van der Waals surface area contributed by atoms with Crippen LogP contribution in [0, 0.1) is 17.7 Å². The number of halogens is 2. The highest BCUT2D eigenvalue weighted by atomic mass is 35.5. The molecule has 0 aromatic heterocycles. The number of amides is 3. The van der Waals surface area contributed by atoms with E-state index in [4.69, 9.17) is 16.3 Å². The lowest BCUT2D eigenvalue weighted by atomic mass is 9.91. The summed E-state index contributed by atoms with van der Waals surface area (Å²) < 4.78 is 19.1. The SMILES string of the molecule is O=C(NC1CCN(c2ccc(Cl)c(F)c2)C1=O)N1CCC(C2CCOC2)C1. The molecule has 3 aliphatic rings. The summed E-state index contributed by atoms with van der Waals surface area (Å²) in [6.45, 7) is 3.46. The summed E-state index contributed by atoms with van der Waals surface area (Å²) in [4.78, 5) is 28.5. The lowest BCUT2D eigenvalue weighted by Gasteiger charge is -2.22. The quantitative estimate of drug-likeness (QED) is 0.855. The van der Waals surface area contributed by atoms with Gasteiger partial charge in [-0.1, -0.05) is 11.6 Å². The van der Waals surface area contributed by atoms with Crippen LogP contribution in [0.1, 0.15) is 19.3 Å². The monoisotopic (exact) mass is 395 g/mol. The zero-order valence-corrected chi connectivity index (χ0v) is 15.8. The highest BCUT2D eigenvalue weighted by Gasteiger charge is 2.37. The van der Waals surface area contributed by atoms with E-state index in [1.807, 2.05) is 0 Å². The normalized spacial score (nSPS) is 28.2. The van der Waals surface area contributed by atoms with Gasteiger partial charge in [-0.2, -0.15) is 0 Å². The highest BCUT2D eigenvalue weighted by Crippen LogP contribution is 2.30. The van der Waals surface area contributed by atoms with Gasteiger partial charge >= 0.3 is 6.03 Å². The molecule has 0 saturated carbocycles. The van der Waals surface area contributed by atoms with Crippen molar-refractivity contribution in [2.45, 2.75) is 25.3 Å². The molecule has 0 spiro atoms. The lowest BCUT2D eigenvalue weighted by Crippen LogP contribution is -2.47. The molecule has 3 aliphatic heterocycles. The van der Waals surface area contributed by atoms with Crippen molar-refractivity contribution in [3.05, 3.63) is 29.0 Å². The molecule has 3 fully saturated rings. The third kappa shape index (κ3) is 3.75. The standard InChI is InChI=1S/C19H23ClFN3O3/c20-15-2-1-14(9-16(15)21)24-7-4-17(18(24)25)22-19(26)23-6-3-12(10-23)13-5-8-27-11-13/h1-2,9,12-13,17H,3-8,10-11H2,(H,22,26). The Morgan fingerprint density at radius 2 is 2.07 bits per heavy atom. The fraction of sp³-hybridized carbons (Fsp3) is 0.579. The van der Waals surface area contributed by atoms with Crippen LogP contribution in [0.3, 0.4) is 0 Å². The lowest BCUT2D eigenvalue weighted by molar-refractivity contribution is -0.118. The van der Waals surface area contributed by atoms with Crippen LogP contribution in [0.2, 0.25) is 5.02 Å². The Kier molecular flexibility index (Phi) is 5.23. The highest BCUT2D eigenvalue weighted by molar-refractivity contribution is 6.30. The second-order valence-corrected chi connectivity index (χ2v) is 7.90. The summed E-state index contributed by atoms with van der Waals surface area (Å²) >= 11 is 5.70. The average molecular weight is 396 g/mol. The van der Waals surface area contributed by atoms with E-state index in [0.29, 0.717) is 43.6 Å². The van der Waals surface area contributed by atoms with Gasteiger partial charge in [-0.15, -0.1) is 0 Å². The van der Waals surface area contributed by atoms with Crippen molar-refractivity contribution in [2.24, 2.45) is 11.8 Å². The number of urea groups is 1. The first kappa shape index (κ1) is 18.5. The fourth-order valence-corrected chi connectivity index (χ4v) is 4.36. The molecule has 146 valence electrons. The second-order valence-electron chi connectivity index (χ2n) is 7.50. The van der Waals surface area contributed by atoms with Gasteiger partial charge in [-0.25, -0.2) is 9.18 Å². The molecule has 1 aromatic rings. The number of ether oxygens (including phenoxy) is 1. The van der Waals surface area contributed by atoms with Crippen molar-refractivity contribution in [1.29, 1.82) is 0 Å². The van der Waals surface area contributed by atoms with Crippen molar-refractivity contribution >= 4 is 29.2 Å². The van der Waals surface area contributed by atoms with E-state index in [1.54, 1.807) is 11.0 Å². The Balaban J connectivity index is 1.34. The van der Waals surface area contributed by atoms with E-state index in [-0.39, 0.29) is 17.0 Å². The molecule has 1 N–H and O–H groups in total. The number of nitrogens with zero attached hydrogens (tertiary/aromatic N) is 2. The van der Waals surface area contributed by atoms with Gasteiger partial charge in [0.05, 0.1) is 5.02 Å². The minimum absolute atomic E-state index is 0.0199. The minimum Gasteiger partial charge on any atom is -0.381 e. The number of rotatable bonds is 3. The average Bonchev–Trinajstić information content (AvgIpc) is 3.39. The fourth-order valence-electron chi connectivity index (χ4n) is 4.24. The van der Waals surface area contributed by atoms with Gasteiger partial charge in [0.25, 0.3) is 0 Å². The minimum atomic E-state index is -0.579. The predicted octanol–water partition coefficient (Wildman–Crippen LogP) is 2.65.